The van der Waals surface area contributed by atoms with Gasteiger partial charge in [0.25, 0.3) is 0 Å². The van der Waals surface area contributed by atoms with Crippen molar-refractivity contribution in [2.75, 3.05) is 5.32 Å². The maximum atomic E-state index is 11.4. The Kier molecular flexibility index (Phi) is 4.30. The van der Waals surface area contributed by atoms with Crippen LogP contribution < -0.4 is 5.32 Å². The average Bonchev–Trinajstić information content (AvgIpc) is 2.38. The highest BCUT2D eigenvalue weighted by molar-refractivity contribution is 6.35. The molecular formula is C14H11Cl2NO2. The van der Waals surface area contributed by atoms with E-state index in [9.17, 15) is 9.90 Å². The predicted molar refractivity (Wildman–Crippen MR) is 76.9 cm³/mol. The molecule has 19 heavy (non-hydrogen) atoms. The molecule has 0 heterocycles. The fourth-order valence-corrected chi connectivity index (χ4v) is 2.23. The molecule has 1 atom stereocenters. The van der Waals surface area contributed by atoms with Crippen LogP contribution in [0.2, 0.25) is 10.0 Å². The van der Waals surface area contributed by atoms with Crippen LogP contribution >= 0.6 is 23.2 Å². The van der Waals surface area contributed by atoms with E-state index in [1.165, 1.54) is 6.07 Å². The van der Waals surface area contributed by atoms with Crippen LogP contribution in [0.3, 0.4) is 0 Å². The van der Waals surface area contributed by atoms with Gasteiger partial charge in [0.15, 0.2) is 6.04 Å². The van der Waals surface area contributed by atoms with Gasteiger partial charge in [-0.15, -0.1) is 0 Å². The molecule has 0 aliphatic carbocycles. The molecule has 0 bridgehead atoms. The minimum absolute atomic E-state index is 0.323. The van der Waals surface area contributed by atoms with Crippen molar-refractivity contribution in [3.05, 3.63) is 64.1 Å². The van der Waals surface area contributed by atoms with Gasteiger partial charge in [-0.3, -0.25) is 0 Å². The minimum Gasteiger partial charge on any atom is -0.479 e. The summed E-state index contributed by atoms with van der Waals surface area (Å²) in [6, 6.07) is 12.9. The highest BCUT2D eigenvalue weighted by Gasteiger charge is 2.22. The van der Waals surface area contributed by atoms with E-state index in [0.29, 0.717) is 21.3 Å². The lowest BCUT2D eigenvalue weighted by Gasteiger charge is -2.17. The standard InChI is InChI=1S/C14H11Cl2NO2/c15-9-6-7-11(12(16)8-9)13(14(18)19)17-10-4-2-1-3-5-10/h1-8,13,17H,(H,18,19). The Bertz CT molecular complexity index is 587. The first kappa shape index (κ1) is 13.7. The molecular weight excluding hydrogens is 285 g/mol. The molecule has 0 aliphatic rings. The quantitative estimate of drug-likeness (QED) is 0.887. The SMILES string of the molecule is O=C(O)C(Nc1ccccc1)c1ccc(Cl)cc1Cl. The van der Waals surface area contributed by atoms with Crippen molar-refractivity contribution >= 4 is 34.9 Å². The van der Waals surface area contributed by atoms with E-state index in [-0.39, 0.29) is 0 Å². The van der Waals surface area contributed by atoms with Crippen LogP contribution in [0.15, 0.2) is 48.5 Å². The summed E-state index contributed by atoms with van der Waals surface area (Å²) in [7, 11) is 0. The van der Waals surface area contributed by atoms with Crippen molar-refractivity contribution in [2.24, 2.45) is 0 Å². The Morgan fingerprint density at radius 1 is 1.11 bits per heavy atom. The molecule has 0 amide bonds. The topological polar surface area (TPSA) is 49.3 Å². The Labute approximate surface area is 120 Å². The molecule has 0 fully saturated rings. The molecule has 0 radical (unpaired) electrons. The van der Waals surface area contributed by atoms with Gasteiger partial charge in [-0.25, -0.2) is 4.79 Å². The van der Waals surface area contributed by atoms with Crippen molar-refractivity contribution in [2.45, 2.75) is 6.04 Å². The van der Waals surface area contributed by atoms with Crippen LogP contribution in [-0.2, 0) is 4.79 Å². The molecule has 2 aromatic carbocycles. The number of para-hydroxylation sites is 1. The highest BCUT2D eigenvalue weighted by atomic mass is 35.5. The second kappa shape index (κ2) is 5.95. The van der Waals surface area contributed by atoms with E-state index in [4.69, 9.17) is 23.2 Å². The van der Waals surface area contributed by atoms with Gasteiger partial charge in [-0.2, -0.15) is 0 Å². The maximum absolute atomic E-state index is 11.4. The van der Waals surface area contributed by atoms with Crippen LogP contribution in [0.25, 0.3) is 0 Å². The number of aliphatic carboxylic acids is 1. The highest BCUT2D eigenvalue weighted by Crippen LogP contribution is 2.28. The van der Waals surface area contributed by atoms with Crippen molar-refractivity contribution in [1.82, 2.24) is 0 Å². The Balaban J connectivity index is 2.33. The maximum Gasteiger partial charge on any atom is 0.330 e. The summed E-state index contributed by atoms with van der Waals surface area (Å²) < 4.78 is 0. The van der Waals surface area contributed by atoms with Crippen molar-refractivity contribution < 1.29 is 9.90 Å². The molecule has 5 heteroatoms. The normalized spacial score (nSPS) is 11.9. The number of hydrogen-bond acceptors (Lipinski definition) is 2. The van der Waals surface area contributed by atoms with Gasteiger partial charge in [-0.05, 0) is 24.3 Å². The van der Waals surface area contributed by atoms with E-state index < -0.39 is 12.0 Å². The smallest absolute Gasteiger partial charge is 0.330 e. The molecule has 1 unspecified atom stereocenters. The van der Waals surface area contributed by atoms with E-state index in [2.05, 4.69) is 5.32 Å². The molecule has 0 spiro atoms. The largest absolute Gasteiger partial charge is 0.479 e. The Hall–Kier alpha value is -1.71. The number of nitrogens with one attached hydrogen (secondary N) is 1. The van der Waals surface area contributed by atoms with Crippen LogP contribution in [0, 0.1) is 0 Å². The summed E-state index contributed by atoms with van der Waals surface area (Å²) in [6.07, 6.45) is 0. The molecule has 2 rings (SSSR count). The first-order valence-electron chi connectivity index (χ1n) is 5.57. The third-order valence-corrected chi connectivity index (χ3v) is 3.17. The van der Waals surface area contributed by atoms with Crippen LogP contribution in [0.1, 0.15) is 11.6 Å². The van der Waals surface area contributed by atoms with Gasteiger partial charge in [0.05, 0.1) is 0 Å². The minimum atomic E-state index is -1.01. The lowest BCUT2D eigenvalue weighted by Crippen LogP contribution is -2.20. The fraction of sp³-hybridized carbons (Fsp3) is 0.0714. The van der Waals surface area contributed by atoms with Crippen LogP contribution in [0.5, 0.6) is 0 Å². The van der Waals surface area contributed by atoms with E-state index in [1.807, 2.05) is 18.2 Å². The molecule has 0 saturated heterocycles. The first-order valence-corrected chi connectivity index (χ1v) is 6.33. The molecule has 0 aromatic heterocycles. The van der Waals surface area contributed by atoms with Crippen molar-refractivity contribution in [3.63, 3.8) is 0 Å². The first-order chi connectivity index (χ1) is 9.08. The van der Waals surface area contributed by atoms with E-state index in [0.717, 1.165) is 0 Å². The number of carbonyl (C=O) groups is 1. The van der Waals surface area contributed by atoms with E-state index in [1.54, 1.807) is 24.3 Å². The third-order valence-electron chi connectivity index (χ3n) is 2.61. The van der Waals surface area contributed by atoms with Gasteiger partial charge >= 0.3 is 5.97 Å². The molecule has 0 aliphatic heterocycles. The molecule has 0 saturated carbocycles. The van der Waals surface area contributed by atoms with Gasteiger partial charge in [-0.1, -0.05) is 47.5 Å². The number of carboxylic acid groups (broad SMARTS) is 1. The summed E-state index contributed by atoms with van der Waals surface area (Å²) in [4.78, 5) is 11.4. The predicted octanol–water partition coefficient (Wildman–Crippen LogP) is 4.23. The summed E-state index contributed by atoms with van der Waals surface area (Å²) in [6.45, 7) is 0. The van der Waals surface area contributed by atoms with Gasteiger partial charge in [0.1, 0.15) is 0 Å². The summed E-state index contributed by atoms with van der Waals surface area (Å²) >= 11 is 11.9. The summed E-state index contributed by atoms with van der Waals surface area (Å²) in [5, 5.41) is 13.0. The summed E-state index contributed by atoms with van der Waals surface area (Å²) in [5.74, 6) is -1.01. The Morgan fingerprint density at radius 2 is 1.79 bits per heavy atom. The zero-order chi connectivity index (χ0) is 13.8. The number of anilines is 1. The molecule has 98 valence electrons. The number of halogens is 2. The number of benzene rings is 2. The molecule has 2 N–H and O–H groups in total. The van der Waals surface area contributed by atoms with Crippen molar-refractivity contribution in [3.8, 4) is 0 Å². The van der Waals surface area contributed by atoms with Gasteiger partial charge < -0.3 is 10.4 Å². The zero-order valence-corrected chi connectivity index (χ0v) is 11.3. The fourth-order valence-electron chi connectivity index (χ4n) is 1.71. The number of hydrogen-bond donors (Lipinski definition) is 2. The van der Waals surface area contributed by atoms with Crippen LogP contribution in [-0.4, -0.2) is 11.1 Å². The van der Waals surface area contributed by atoms with Gasteiger partial charge in [0.2, 0.25) is 0 Å². The monoisotopic (exact) mass is 295 g/mol. The van der Waals surface area contributed by atoms with Gasteiger partial charge in [0, 0.05) is 21.3 Å². The average molecular weight is 296 g/mol. The number of carboxylic acids is 1. The second-order valence-electron chi connectivity index (χ2n) is 3.95. The third kappa shape index (κ3) is 3.40. The van der Waals surface area contributed by atoms with Crippen LogP contribution in [0.4, 0.5) is 5.69 Å². The lowest BCUT2D eigenvalue weighted by atomic mass is 10.1. The molecule has 3 nitrogen and oxygen atoms in total. The molecule has 2 aromatic rings. The zero-order valence-electron chi connectivity index (χ0n) is 9.81. The lowest BCUT2D eigenvalue weighted by molar-refractivity contribution is -0.138. The second-order valence-corrected chi connectivity index (χ2v) is 4.79. The van der Waals surface area contributed by atoms with E-state index >= 15 is 0 Å². The summed E-state index contributed by atoms with van der Waals surface area (Å²) in [5.41, 5.74) is 1.18. The Morgan fingerprint density at radius 3 is 2.37 bits per heavy atom. The van der Waals surface area contributed by atoms with Crippen molar-refractivity contribution in [1.29, 1.82) is 0 Å². The number of rotatable bonds is 4.